The Labute approximate surface area is 138 Å². The molecule has 1 aromatic rings. The van der Waals surface area contributed by atoms with Crippen molar-refractivity contribution in [1.82, 2.24) is 20.2 Å². The van der Waals surface area contributed by atoms with Crippen LogP contribution in [-0.4, -0.2) is 53.6 Å². The molecule has 0 radical (unpaired) electrons. The zero-order chi connectivity index (χ0) is 16.1. The van der Waals surface area contributed by atoms with Gasteiger partial charge in [-0.2, -0.15) is 0 Å². The number of carbonyl (C=O) groups excluding carboxylic acids is 1. The van der Waals surface area contributed by atoms with Crippen LogP contribution in [-0.2, 0) is 0 Å². The predicted octanol–water partition coefficient (Wildman–Crippen LogP) is 2.28. The molecule has 1 spiro atoms. The van der Waals surface area contributed by atoms with Gasteiger partial charge in [0.05, 0.1) is 0 Å². The second-order valence-corrected chi connectivity index (χ2v) is 6.83. The van der Waals surface area contributed by atoms with E-state index in [9.17, 15) is 4.79 Å². The Balaban J connectivity index is 1.59. The lowest BCUT2D eigenvalue weighted by Gasteiger charge is -2.40. The lowest BCUT2D eigenvalue weighted by atomic mass is 9.79. The Kier molecular flexibility index (Phi) is 4.98. The maximum Gasteiger partial charge on any atom is 0.317 e. The minimum atomic E-state index is 0.100. The fourth-order valence-electron chi connectivity index (χ4n) is 3.76. The number of unbranched alkanes of at least 4 members (excludes halogenated alkanes) is 1. The number of carbonyl (C=O) groups is 1. The highest BCUT2D eigenvalue weighted by Crippen LogP contribution is 2.39. The molecule has 126 valence electrons. The largest absolute Gasteiger partial charge is 0.340 e. The first kappa shape index (κ1) is 16.0. The molecule has 6 heteroatoms. The molecule has 3 rings (SSSR count). The second kappa shape index (κ2) is 7.15. The summed E-state index contributed by atoms with van der Waals surface area (Å²) >= 11 is 0. The van der Waals surface area contributed by atoms with E-state index in [0.717, 1.165) is 64.4 Å². The molecule has 2 aliphatic heterocycles. The molecule has 2 fully saturated rings. The van der Waals surface area contributed by atoms with Crippen LogP contribution in [0.3, 0.4) is 0 Å². The molecular formula is C17H27N5O. The molecule has 23 heavy (non-hydrogen) atoms. The van der Waals surface area contributed by atoms with Crippen LogP contribution in [0.25, 0.3) is 0 Å². The van der Waals surface area contributed by atoms with Gasteiger partial charge in [0.15, 0.2) is 0 Å². The summed E-state index contributed by atoms with van der Waals surface area (Å²) in [6.45, 7) is 6.60. The van der Waals surface area contributed by atoms with Crippen molar-refractivity contribution in [2.45, 2.75) is 39.0 Å². The molecule has 0 aromatic carbocycles. The Morgan fingerprint density at radius 2 is 2.09 bits per heavy atom. The van der Waals surface area contributed by atoms with E-state index in [1.807, 2.05) is 11.0 Å². The van der Waals surface area contributed by atoms with Crippen molar-refractivity contribution in [3.8, 4) is 0 Å². The number of aromatic nitrogens is 2. The standard InChI is InChI=1S/C17H27N5O/c1-2-3-8-20-16(23)22-12-7-17(14-22)6-4-11-21(13-17)15-18-9-5-10-19-15/h5,9-10H,2-4,6-8,11-14H2,1H3,(H,20,23)/t17-/m0/s1. The van der Waals surface area contributed by atoms with E-state index in [-0.39, 0.29) is 11.4 Å². The van der Waals surface area contributed by atoms with Gasteiger partial charge in [-0.3, -0.25) is 0 Å². The fraction of sp³-hybridized carbons (Fsp3) is 0.706. The Morgan fingerprint density at radius 3 is 2.87 bits per heavy atom. The van der Waals surface area contributed by atoms with E-state index in [4.69, 9.17) is 0 Å². The summed E-state index contributed by atoms with van der Waals surface area (Å²) in [5.74, 6) is 0.817. The van der Waals surface area contributed by atoms with Gasteiger partial charge in [-0.05, 0) is 31.7 Å². The van der Waals surface area contributed by atoms with E-state index in [1.165, 1.54) is 6.42 Å². The topological polar surface area (TPSA) is 61.4 Å². The van der Waals surface area contributed by atoms with Gasteiger partial charge < -0.3 is 15.1 Å². The summed E-state index contributed by atoms with van der Waals surface area (Å²) in [5, 5.41) is 3.04. The van der Waals surface area contributed by atoms with Crippen LogP contribution in [0, 0.1) is 5.41 Å². The maximum absolute atomic E-state index is 12.3. The number of rotatable bonds is 4. The molecule has 1 aromatic heterocycles. The highest BCUT2D eigenvalue weighted by molar-refractivity contribution is 5.74. The quantitative estimate of drug-likeness (QED) is 0.866. The Morgan fingerprint density at radius 1 is 1.26 bits per heavy atom. The third-order valence-corrected chi connectivity index (χ3v) is 5.03. The van der Waals surface area contributed by atoms with Gasteiger partial charge in [0.25, 0.3) is 0 Å². The number of piperidine rings is 1. The molecule has 2 aliphatic rings. The molecule has 6 nitrogen and oxygen atoms in total. The number of hydrogen-bond donors (Lipinski definition) is 1. The van der Waals surface area contributed by atoms with Gasteiger partial charge in [0, 0.05) is 50.5 Å². The first-order valence-corrected chi connectivity index (χ1v) is 8.77. The molecular weight excluding hydrogens is 290 g/mol. The van der Waals surface area contributed by atoms with Gasteiger partial charge in [-0.1, -0.05) is 13.3 Å². The third-order valence-electron chi connectivity index (χ3n) is 5.03. The summed E-state index contributed by atoms with van der Waals surface area (Å²) in [5.41, 5.74) is 0.208. The van der Waals surface area contributed by atoms with Crippen molar-refractivity contribution in [2.75, 3.05) is 37.6 Å². The zero-order valence-electron chi connectivity index (χ0n) is 14.0. The van der Waals surface area contributed by atoms with Crippen molar-refractivity contribution >= 4 is 12.0 Å². The van der Waals surface area contributed by atoms with Gasteiger partial charge >= 0.3 is 6.03 Å². The fourth-order valence-corrected chi connectivity index (χ4v) is 3.76. The summed E-state index contributed by atoms with van der Waals surface area (Å²) < 4.78 is 0. The van der Waals surface area contributed by atoms with Crippen LogP contribution in [0.5, 0.6) is 0 Å². The van der Waals surface area contributed by atoms with E-state index in [0.29, 0.717) is 0 Å². The third kappa shape index (κ3) is 3.74. The first-order valence-electron chi connectivity index (χ1n) is 8.77. The summed E-state index contributed by atoms with van der Waals surface area (Å²) in [6, 6.07) is 1.95. The van der Waals surface area contributed by atoms with Gasteiger partial charge in [0.1, 0.15) is 0 Å². The van der Waals surface area contributed by atoms with Gasteiger partial charge in [-0.25, -0.2) is 14.8 Å². The summed E-state index contributed by atoms with van der Waals surface area (Å²) in [7, 11) is 0. The lowest BCUT2D eigenvalue weighted by Crippen LogP contribution is -2.47. The number of anilines is 1. The number of urea groups is 1. The number of hydrogen-bond acceptors (Lipinski definition) is 4. The van der Waals surface area contributed by atoms with Crippen LogP contribution in [0.4, 0.5) is 10.7 Å². The summed E-state index contributed by atoms with van der Waals surface area (Å²) in [4.78, 5) is 25.3. The van der Waals surface area contributed by atoms with Crippen LogP contribution < -0.4 is 10.2 Å². The molecule has 2 saturated heterocycles. The van der Waals surface area contributed by atoms with Gasteiger partial charge in [-0.15, -0.1) is 0 Å². The van der Waals surface area contributed by atoms with E-state index < -0.39 is 0 Å². The van der Waals surface area contributed by atoms with Crippen molar-refractivity contribution in [3.05, 3.63) is 18.5 Å². The Hall–Kier alpha value is -1.85. The molecule has 1 N–H and O–H groups in total. The van der Waals surface area contributed by atoms with Crippen molar-refractivity contribution in [1.29, 1.82) is 0 Å². The monoisotopic (exact) mass is 317 g/mol. The highest BCUT2D eigenvalue weighted by Gasteiger charge is 2.43. The molecule has 0 bridgehead atoms. The van der Waals surface area contributed by atoms with Crippen molar-refractivity contribution in [2.24, 2.45) is 5.41 Å². The van der Waals surface area contributed by atoms with Crippen LogP contribution in [0.1, 0.15) is 39.0 Å². The highest BCUT2D eigenvalue weighted by atomic mass is 16.2. The average molecular weight is 317 g/mol. The average Bonchev–Trinajstić information content (AvgIpc) is 2.99. The molecule has 2 amide bonds. The van der Waals surface area contributed by atoms with Crippen LogP contribution in [0.15, 0.2) is 18.5 Å². The van der Waals surface area contributed by atoms with Crippen molar-refractivity contribution in [3.63, 3.8) is 0 Å². The zero-order valence-corrected chi connectivity index (χ0v) is 14.0. The molecule has 1 atom stereocenters. The summed E-state index contributed by atoms with van der Waals surface area (Å²) in [6.07, 6.45) is 9.16. The lowest BCUT2D eigenvalue weighted by molar-refractivity contribution is 0.191. The number of nitrogens with one attached hydrogen (secondary N) is 1. The second-order valence-electron chi connectivity index (χ2n) is 6.83. The molecule has 0 aliphatic carbocycles. The molecule has 3 heterocycles. The number of nitrogens with zero attached hydrogens (tertiary/aromatic N) is 4. The smallest absolute Gasteiger partial charge is 0.317 e. The van der Waals surface area contributed by atoms with Crippen LogP contribution in [0.2, 0.25) is 0 Å². The Bertz CT molecular complexity index is 523. The van der Waals surface area contributed by atoms with Crippen LogP contribution >= 0.6 is 0 Å². The first-order chi connectivity index (χ1) is 11.2. The van der Waals surface area contributed by atoms with Crippen molar-refractivity contribution < 1.29 is 4.79 Å². The van der Waals surface area contributed by atoms with E-state index >= 15 is 0 Å². The van der Waals surface area contributed by atoms with E-state index in [2.05, 4.69) is 27.1 Å². The predicted molar refractivity (Wildman–Crippen MR) is 90.4 cm³/mol. The molecule has 0 saturated carbocycles. The number of likely N-dealkylation sites (tertiary alicyclic amines) is 1. The normalized spacial score (nSPS) is 24.2. The maximum atomic E-state index is 12.3. The van der Waals surface area contributed by atoms with Gasteiger partial charge in [0.2, 0.25) is 5.95 Å². The SMILES string of the molecule is CCCCNC(=O)N1CC[C@]2(CCCN(c3ncccn3)C2)C1. The minimum absolute atomic E-state index is 0.100. The van der Waals surface area contributed by atoms with E-state index in [1.54, 1.807) is 12.4 Å². The number of amides is 2. The minimum Gasteiger partial charge on any atom is -0.340 e. The molecule has 0 unspecified atom stereocenters.